The molecule has 1 atom stereocenters. The molecule has 246 valence electrons. The van der Waals surface area contributed by atoms with Gasteiger partial charge in [-0.25, -0.2) is 5.84 Å². The summed E-state index contributed by atoms with van der Waals surface area (Å²) < 4.78 is 0.643. The van der Waals surface area contributed by atoms with E-state index in [1.807, 2.05) is 62.5 Å². The molecule has 1 aromatic carbocycles. The molecule has 0 saturated heterocycles. The van der Waals surface area contributed by atoms with Gasteiger partial charge in [0.05, 0.1) is 10.7 Å². The van der Waals surface area contributed by atoms with Gasteiger partial charge in [0, 0.05) is 23.1 Å². The Hall–Kier alpha value is -2.58. The summed E-state index contributed by atoms with van der Waals surface area (Å²) in [6.07, 6.45) is 19.0. The van der Waals surface area contributed by atoms with E-state index in [0.29, 0.717) is 20.6 Å². The van der Waals surface area contributed by atoms with Crippen molar-refractivity contribution < 1.29 is 5.11 Å². The number of amidine groups is 1. The monoisotopic (exact) mass is 641 g/mol. The summed E-state index contributed by atoms with van der Waals surface area (Å²) >= 11 is 4.04. The third kappa shape index (κ3) is 21.2. The van der Waals surface area contributed by atoms with E-state index in [1.165, 1.54) is 16.7 Å². The Morgan fingerprint density at radius 3 is 1.95 bits per heavy atom. The molecule has 8 N–H and O–H groups in total. The number of thioether (sulfide) groups is 2. The van der Waals surface area contributed by atoms with Crippen molar-refractivity contribution in [2.75, 3.05) is 7.05 Å². The average molecular weight is 642 g/mol. The third-order valence-corrected chi connectivity index (χ3v) is 8.58. The van der Waals surface area contributed by atoms with Crippen LogP contribution in [-0.2, 0) is 0 Å². The number of hydrogen-bond acceptors (Lipinski definition) is 7. The van der Waals surface area contributed by atoms with Crippen LogP contribution in [0.1, 0.15) is 86.6 Å². The van der Waals surface area contributed by atoms with E-state index in [-0.39, 0.29) is 23.8 Å². The molecule has 8 heteroatoms. The van der Waals surface area contributed by atoms with Gasteiger partial charge in [-0.15, -0.1) is 29.3 Å². The number of rotatable bonds is 11. The highest BCUT2D eigenvalue weighted by atomic mass is 32.2. The Balaban J connectivity index is 0. The zero-order valence-electron chi connectivity index (χ0n) is 28.6. The number of nitrogens with zero attached hydrogens (tertiary/aromatic N) is 1. The molecule has 1 aromatic rings. The Bertz CT molecular complexity index is 1130. The van der Waals surface area contributed by atoms with Crippen LogP contribution in [0.25, 0.3) is 0 Å². The Labute approximate surface area is 277 Å². The second-order valence-electron chi connectivity index (χ2n) is 10.6. The van der Waals surface area contributed by atoms with Gasteiger partial charge in [-0.1, -0.05) is 114 Å². The summed E-state index contributed by atoms with van der Waals surface area (Å²) in [5, 5.41) is 26.8. The smallest absolute Gasteiger partial charge is 0.160 e. The fraction of sp³-hybridized carbons (Fsp3) is 0.472. The summed E-state index contributed by atoms with van der Waals surface area (Å²) in [4.78, 5) is 0. The number of nitrogens with one attached hydrogen (secondary N) is 2. The van der Waals surface area contributed by atoms with Crippen molar-refractivity contribution in [3.8, 4) is 0 Å². The minimum absolute atomic E-state index is 0. The quantitative estimate of drug-likeness (QED) is 0.0408. The fourth-order valence-electron chi connectivity index (χ4n) is 3.60. The van der Waals surface area contributed by atoms with E-state index in [9.17, 15) is 5.11 Å². The number of likely N-dealkylation sites (N-methyl/N-ethyl adjacent to an activating group) is 1. The van der Waals surface area contributed by atoms with Gasteiger partial charge in [-0.3, -0.25) is 15.8 Å². The first-order valence-corrected chi connectivity index (χ1v) is 17.1. The SMILES string of the molecule is CC.CC(O)CCC(SC(C)C)SC(C)C.CC1=C=CC/C(CC2=CC=C2)=C\C=C/1.CN(N)C(=N)C(=N)c1ccccc1.N. The number of allylic oxidation sites excluding steroid dienone is 9. The molecule has 0 bridgehead atoms. The Morgan fingerprint density at radius 2 is 1.50 bits per heavy atom. The molecule has 2 aliphatic rings. The van der Waals surface area contributed by atoms with Crippen molar-refractivity contribution in [3.63, 3.8) is 0 Å². The molecule has 0 aliphatic heterocycles. The van der Waals surface area contributed by atoms with Crippen molar-refractivity contribution >= 4 is 35.1 Å². The first-order chi connectivity index (χ1) is 20.4. The van der Waals surface area contributed by atoms with Crippen LogP contribution < -0.4 is 12.0 Å². The van der Waals surface area contributed by atoms with E-state index in [0.717, 1.165) is 30.7 Å². The van der Waals surface area contributed by atoms with Crippen LogP contribution in [0.3, 0.4) is 0 Å². The van der Waals surface area contributed by atoms with Crippen molar-refractivity contribution in [1.29, 1.82) is 10.8 Å². The van der Waals surface area contributed by atoms with E-state index in [2.05, 4.69) is 82.9 Å². The van der Waals surface area contributed by atoms with Crippen LogP contribution in [-0.4, -0.2) is 49.9 Å². The average Bonchev–Trinajstić information content (AvgIpc) is 2.92. The van der Waals surface area contributed by atoms with Gasteiger partial charge in [-0.05, 0) is 56.8 Å². The van der Waals surface area contributed by atoms with E-state index in [4.69, 9.17) is 16.7 Å². The molecular formula is C36H59N5OS2. The largest absolute Gasteiger partial charge is 0.393 e. The molecule has 44 heavy (non-hydrogen) atoms. The lowest BCUT2D eigenvalue weighted by molar-refractivity contribution is 0.183. The third-order valence-electron chi connectivity index (χ3n) is 5.74. The van der Waals surface area contributed by atoms with Crippen LogP contribution in [0.2, 0.25) is 0 Å². The number of benzene rings is 1. The van der Waals surface area contributed by atoms with Gasteiger partial charge in [0.25, 0.3) is 0 Å². The standard InChI is InChI=1S/C14H14.C11H24OS2.C9H12N4.C2H6.H3N/c1-12-5-2-7-13(8-3-6-12)11-14-9-4-10-14;1-8(2)13-11(14-9(3)4)7-6-10(5)12;1-13(12)9(11)8(10)7-5-3-2-4-6-7;1-2;/h2-5,7,9-10H,8,11H2,1H3;8-12H,6-7H2,1-5H3;2-6,10-11H,12H2,1H3;1-2H3;1H3/b5-2-,13-7+;;;;. The van der Waals surface area contributed by atoms with Gasteiger partial charge < -0.3 is 11.3 Å². The molecule has 0 amide bonds. The lowest BCUT2D eigenvalue weighted by Gasteiger charge is -2.20. The maximum atomic E-state index is 9.25. The minimum Gasteiger partial charge on any atom is -0.393 e. The van der Waals surface area contributed by atoms with Crippen LogP contribution >= 0.6 is 23.5 Å². The Kier molecular flexibility index (Phi) is 25.5. The van der Waals surface area contributed by atoms with Crippen LogP contribution in [0.4, 0.5) is 0 Å². The highest BCUT2D eigenvalue weighted by Crippen LogP contribution is 2.33. The summed E-state index contributed by atoms with van der Waals surface area (Å²) in [6.45, 7) is 16.9. The van der Waals surface area contributed by atoms with Crippen LogP contribution in [0, 0.1) is 10.8 Å². The molecule has 0 aromatic heterocycles. The van der Waals surface area contributed by atoms with Crippen molar-refractivity contribution in [2.24, 2.45) is 5.84 Å². The highest BCUT2D eigenvalue weighted by molar-refractivity contribution is 8.17. The lowest BCUT2D eigenvalue weighted by Crippen LogP contribution is -2.37. The first kappa shape index (κ1) is 43.5. The van der Waals surface area contributed by atoms with Crippen LogP contribution in [0.15, 0.2) is 95.3 Å². The van der Waals surface area contributed by atoms with Gasteiger partial charge in [0.2, 0.25) is 0 Å². The van der Waals surface area contributed by atoms with Gasteiger partial charge in [0.1, 0.15) is 5.71 Å². The predicted octanol–water partition coefficient (Wildman–Crippen LogP) is 9.64. The zero-order chi connectivity index (χ0) is 32.8. The second-order valence-corrected chi connectivity index (χ2v) is 14.5. The first-order valence-electron chi connectivity index (χ1n) is 15.2. The van der Waals surface area contributed by atoms with Crippen molar-refractivity contribution in [1.82, 2.24) is 11.2 Å². The molecule has 0 radical (unpaired) electrons. The molecule has 0 spiro atoms. The molecule has 3 rings (SSSR count). The maximum Gasteiger partial charge on any atom is 0.160 e. The predicted molar refractivity (Wildman–Crippen MR) is 200 cm³/mol. The number of nitrogens with two attached hydrogens (primary N) is 1. The highest BCUT2D eigenvalue weighted by Gasteiger charge is 2.14. The summed E-state index contributed by atoms with van der Waals surface area (Å²) in [6, 6.07) is 9.08. The molecule has 0 fully saturated rings. The summed E-state index contributed by atoms with van der Waals surface area (Å²) in [7, 11) is 1.54. The van der Waals surface area contributed by atoms with E-state index >= 15 is 0 Å². The normalized spacial score (nSPS) is 15.5. The molecular weight excluding hydrogens is 583 g/mol. The fourth-order valence-corrected chi connectivity index (χ4v) is 6.95. The van der Waals surface area contributed by atoms with Gasteiger partial charge in [0.15, 0.2) is 5.84 Å². The van der Waals surface area contributed by atoms with Gasteiger partial charge in [-0.2, -0.15) is 0 Å². The lowest BCUT2D eigenvalue weighted by atomic mass is 9.96. The number of aliphatic hydroxyl groups is 1. The zero-order valence-corrected chi connectivity index (χ0v) is 30.2. The molecule has 6 nitrogen and oxygen atoms in total. The minimum atomic E-state index is -0.155. The molecule has 0 saturated carbocycles. The molecule has 2 aliphatic carbocycles. The number of hydrogen-bond donors (Lipinski definition) is 5. The number of hydrazine groups is 1. The Morgan fingerprint density at radius 1 is 0.955 bits per heavy atom. The van der Waals surface area contributed by atoms with E-state index in [1.54, 1.807) is 19.2 Å². The second kappa shape index (κ2) is 25.7. The van der Waals surface area contributed by atoms with E-state index < -0.39 is 0 Å². The maximum absolute atomic E-state index is 9.25. The molecule has 0 heterocycles. The van der Waals surface area contributed by atoms with Crippen LogP contribution in [0.5, 0.6) is 0 Å². The topological polar surface area (TPSA) is 132 Å². The molecule has 1 unspecified atom stereocenters. The van der Waals surface area contributed by atoms with Crippen molar-refractivity contribution in [2.45, 2.75) is 102 Å². The summed E-state index contributed by atoms with van der Waals surface area (Å²) in [5.74, 6) is 5.35. The summed E-state index contributed by atoms with van der Waals surface area (Å²) in [5.41, 5.74) is 8.16. The number of aliphatic hydroxyl groups excluding tert-OH is 1. The van der Waals surface area contributed by atoms with Gasteiger partial charge >= 0.3 is 0 Å². The van der Waals surface area contributed by atoms with Crippen molar-refractivity contribution in [3.05, 3.63) is 101 Å².